The van der Waals surface area contributed by atoms with Crippen LogP contribution in [0.3, 0.4) is 0 Å². The molecule has 0 amide bonds. The second kappa shape index (κ2) is 18.6. The fourth-order valence-corrected chi connectivity index (χ4v) is 0. The molecule has 0 aromatic heterocycles. The van der Waals surface area contributed by atoms with Crippen LogP contribution >= 0.6 is 0 Å². The van der Waals surface area contributed by atoms with Crippen molar-refractivity contribution in [3.63, 3.8) is 0 Å². The molecule has 0 aromatic rings. The molecule has 0 fully saturated rings. The Morgan fingerprint density at radius 3 is 1.00 bits per heavy atom. The van der Waals surface area contributed by atoms with Crippen LogP contribution in [-0.4, -0.2) is 0 Å². The van der Waals surface area contributed by atoms with E-state index in [4.69, 9.17) is 0 Å². The van der Waals surface area contributed by atoms with E-state index < -0.39 is 0 Å². The van der Waals surface area contributed by atoms with Crippen molar-refractivity contribution in [1.82, 2.24) is 0 Å². The molecule has 0 aliphatic carbocycles. The van der Waals surface area contributed by atoms with Crippen molar-refractivity contribution in [2.45, 2.75) is 0 Å². The molecular weight excluding hydrogens is 351 g/mol. The fourth-order valence-electron chi connectivity index (χ4n) is 0. The smallest absolute Gasteiger partial charge is 0 e. The van der Waals surface area contributed by atoms with Crippen LogP contribution in [0.15, 0.2) is 0 Å². The zero-order chi connectivity index (χ0) is 0. The minimum absolute atomic E-state index is 0. The molecule has 0 unspecified atom stereocenters. The topological polar surface area (TPSA) is 0 Å². The van der Waals surface area contributed by atoms with E-state index in [0.717, 1.165) is 0 Å². The molecular formula is CoCrNiTa. The predicted molar refractivity (Wildman–Crippen MR) is 0 cm³/mol. The summed E-state index contributed by atoms with van der Waals surface area (Å²) in [6.07, 6.45) is 0. The van der Waals surface area contributed by atoms with Gasteiger partial charge >= 0.3 is 0 Å². The summed E-state index contributed by atoms with van der Waals surface area (Å²) in [5, 5.41) is 0. The van der Waals surface area contributed by atoms with Crippen molar-refractivity contribution in [3.05, 3.63) is 0 Å². The largest absolute Gasteiger partial charge is 0 e. The van der Waals surface area contributed by atoms with Crippen molar-refractivity contribution in [3.8, 4) is 0 Å². The molecule has 4 heavy (non-hydrogen) atoms. The maximum absolute atomic E-state index is 0. The molecule has 0 nitrogen and oxygen atoms in total. The summed E-state index contributed by atoms with van der Waals surface area (Å²) < 4.78 is 0. The van der Waals surface area contributed by atoms with Crippen molar-refractivity contribution in [1.29, 1.82) is 0 Å². The van der Waals surface area contributed by atoms with Gasteiger partial charge in [0.1, 0.15) is 0 Å². The summed E-state index contributed by atoms with van der Waals surface area (Å²) in [6, 6.07) is 0. The van der Waals surface area contributed by atoms with Crippen LogP contribution in [0.25, 0.3) is 0 Å². The van der Waals surface area contributed by atoms with Crippen LogP contribution in [0, 0.1) is 0 Å². The van der Waals surface area contributed by atoms with Gasteiger partial charge in [-0.2, -0.15) is 0 Å². The molecule has 0 rings (SSSR count). The van der Waals surface area contributed by atoms with Gasteiger partial charge in [-0.3, -0.25) is 0 Å². The van der Waals surface area contributed by atoms with Crippen LogP contribution in [0.5, 0.6) is 0 Å². The molecule has 0 bridgehead atoms. The molecule has 30 valence electrons. The number of hydrogen-bond donors (Lipinski definition) is 0. The standard InChI is InChI=1S/Co.Cr.Ni.Ta. The van der Waals surface area contributed by atoms with Gasteiger partial charge in [0, 0.05) is 73.0 Å². The average Bonchev–Trinajstić information content (AvgIpc) is 0. The van der Waals surface area contributed by atoms with Gasteiger partial charge in [0.25, 0.3) is 0 Å². The van der Waals surface area contributed by atoms with Crippen LogP contribution in [0.4, 0.5) is 0 Å². The van der Waals surface area contributed by atoms with Gasteiger partial charge in [-0.05, 0) is 0 Å². The Hall–Kier alpha value is 2.27. The van der Waals surface area contributed by atoms with Crippen molar-refractivity contribution < 1.29 is 73.0 Å². The van der Waals surface area contributed by atoms with Gasteiger partial charge in [0.05, 0.1) is 0 Å². The third-order valence-electron chi connectivity index (χ3n) is 0. The van der Waals surface area contributed by atoms with Gasteiger partial charge in [-0.15, -0.1) is 0 Å². The van der Waals surface area contributed by atoms with E-state index in [9.17, 15) is 0 Å². The number of hydrogen-bond acceptors (Lipinski definition) is 0. The molecule has 0 heterocycles. The molecule has 0 aliphatic heterocycles. The normalized spacial score (nSPS) is 0. The Kier molecular flexibility index (Phi) is 157. The Morgan fingerprint density at radius 1 is 1.00 bits per heavy atom. The Labute approximate surface area is 72.2 Å². The van der Waals surface area contributed by atoms with Crippen molar-refractivity contribution in [2.75, 3.05) is 0 Å². The first-order chi connectivity index (χ1) is 0. The van der Waals surface area contributed by atoms with Crippen LogP contribution in [-0.2, 0) is 73.0 Å². The van der Waals surface area contributed by atoms with E-state index in [2.05, 4.69) is 0 Å². The summed E-state index contributed by atoms with van der Waals surface area (Å²) >= 11 is 0. The first kappa shape index (κ1) is 33.8. The second-order valence-electron chi connectivity index (χ2n) is 0. The van der Waals surface area contributed by atoms with Crippen LogP contribution in [0.1, 0.15) is 0 Å². The summed E-state index contributed by atoms with van der Waals surface area (Å²) in [5.41, 5.74) is 0. The number of rotatable bonds is 0. The van der Waals surface area contributed by atoms with E-state index in [-0.39, 0.29) is 73.0 Å². The van der Waals surface area contributed by atoms with E-state index >= 15 is 0 Å². The van der Waals surface area contributed by atoms with Crippen LogP contribution < -0.4 is 0 Å². The first-order valence-electron chi connectivity index (χ1n) is 0. The van der Waals surface area contributed by atoms with E-state index in [1.54, 1.807) is 0 Å². The maximum atomic E-state index is 0. The minimum atomic E-state index is 0. The summed E-state index contributed by atoms with van der Waals surface area (Å²) in [7, 11) is 0. The predicted octanol–water partition coefficient (Wildman–Crippen LogP) is -0.0100. The average molecular weight is 351 g/mol. The molecule has 0 N–H and O–H groups in total. The zero-order valence-corrected chi connectivity index (χ0v) is 8.02. The molecule has 0 saturated heterocycles. The summed E-state index contributed by atoms with van der Waals surface area (Å²) in [5.74, 6) is 0. The quantitative estimate of drug-likeness (QED) is 0.539. The van der Waals surface area contributed by atoms with Crippen molar-refractivity contribution in [2.24, 2.45) is 0 Å². The molecule has 0 aromatic carbocycles. The summed E-state index contributed by atoms with van der Waals surface area (Å²) in [4.78, 5) is 0. The van der Waals surface area contributed by atoms with E-state index in [1.165, 1.54) is 0 Å². The molecule has 0 aliphatic rings. The van der Waals surface area contributed by atoms with Crippen molar-refractivity contribution >= 4 is 0 Å². The van der Waals surface area contributed by atoms with E-state index in [0.29, 0.717) is 0 Å². The van der Waals surface area contributed by atoms with Gasteiger partial charge in [-0.1, -0.05) is 0 Å². The zero-order valence-electron chi connectivity index (χ0n) is 1.51. The van der Waals surface area contributed by atoms with Gasteiger partial charge in [0.15, 0.2) is 0 Å². The third kappa shape index (κ3) is 8.86. The first-order valence-corrected chi connectivity index (χ1v) is 0. The molecule has 0 spiro atoms. The molecule has 2 radical (unpaired) electrons. The van der Waals surface area contributed by atoms with E-state index in [1.807, 2.05) is 0 Å². The van der Waals surface area contributed by atoms with Gasteiger partial charge < -0.3 is 0 Å². The molecule has 4 heteroatoms. The maximum Gasteiger partial charge on any atom is 0 e. The Bertz CT molecular complexity index is 8.00. The molecule has 0 atom stereocenters. The van der Waals surface area contributed by atoms with Crippen LogP contribution in [0.2, 0.25) is 0 Å². The fraction of sp³-hybridized carbons (Fsp3) is 0. The van der Waals surface area contributed by atoms with Gasteiger partial charge in [-0.25, -0.2) is 0 Å². The third-order valence-corrected chi connectivity index (χ3v) is 0. The summed E-state index contributed by atoms with van der Waals surface area (Å²) in [6.45, 7) is 0. The minimum Gasteiger partial charge on any atom is 0 e. The monoisotopic (exact) mass is 350 g/mol. The second-order valence-corrected chi connectivity index (χ2v) is 0. The Morgan fingerprint density at radius 2 is 1.00 bits per heavy atom. The van der Waals surface area contributed by atoms with Gasteiger partial charge in [0.2, 0.25) is 0 Å². The SMILES string of the molecule is [Co].[Cr].[Ni].[Ta]. The Balaban J connectivity index is 0. The molecule has 0 saturated carbocycles.